The maximum atomic E-state index is 13.8. The van der Waals surface area contributed by atoms with E-state index in [1.165, 1.54) is 36.1 Å². The number of carbonyl (C=O) groups excluding carboxylic acids is 2. The SMILES string of the molecule is CCCCNC(=O)[C@H](C)N(CCc1ccccc1)C(=O)CN(c1ccc(Cl)c(C(F)(F)F)c1)S(=O)(=O)c1ccccc1. The van der Waals surface area contributed by atoms with Crippen molar-refractivity contribution in [3.8, 4) is 0 Å². The molecule has 0 bridgehead atoms. The molecule has 7 nitrogen and oxygen atoms in total. The van der Waals surface area contributed by atoms with Crippen LogP contribution in [0.25, 0.3) is 0 Å². The normalized spacial score (nSPS) is 12.4. The number of sulfonamides is 1. The number of benzene rings is 3. The summed E-state index contributed by atoms with van der Waals surface area (Å²) in [5, 5.41) is 2.17. The Hall–Kier alpha value is -3.57. The van der Waals surface area contributed by atoms with E-state index in [-0.39, 0.29) is 11.4 Å². The van der Waals surface area contributed by atoms with Gasteiger partial charge in [-0.2, -0.15) is 13.2 Å². The molecule has 226 valence electrons. The fourth-order valence-electron chi connectivity index (χ4n) is 4.24. The fraction of sp³-hybridized carbons (Fsp3) is 0.333. The zero-order chi connectivity index (χ0) is 30.9. The van der Waals surface area contributed by atoms with Crippen LogP contribution in [-0.4, -0.2) is 50.8 Å². The quantitative estimate of drug-likeness (QED) is 0.239. The summed E-state index contributed by atoms with van der Waals surface area (Å²) in [5.74, 6) is -1.18. The van der Waals surface area contributed by atoms with Crippen LogP contribution in [0.3, 0.4) is 0 Å². The van der Waals surface area contributed by atoms with Crippen molar-refractivity contribution in [2.45, 2.75) is 50.2 Å². The average Bonchev–Trinajstić information content (AvgIpc) is 2.96. The molecule has 0 saturated carbocycles. The van der Waals surface area contributed by atoms with Gasteiger partial charge in [-0.1, -0.05) is 73.5 Å². The Morgan fingerprint density at radius 2 is 1.60 bits per heavy atom. The van der Waals surface area contributed by atoms with Crippen LogP contribution in [0.1, 0.15) is 37.8 Å². The summed E-state index contributed by atoms with van der Waals surface area (Å²) in [6.45, 7) is 3.12. The Labute approximate surface area is 249 Å². The highest BCUT2D eigenvalue weighted by atomic mass is 35.5. The molecule has 0 aliphatic heterocycles. The highest BCUT2D eigenvalue weighted by Gasteiger charge is 2.36. The van der Waals surface area contributed by atoms with E-state index in [0.29, 0.717) is 23.3 Å². The van der Waals surface area contributed by atoms with E-state index in [1.54, 1.807) is 6.07 Å². The molecule has 0 saturated heterocycles. The number of alkyl halides is 3. The van der Waals surface area contributed by atoms with Crippen LogP contribution in [0.5, 0.6) is 0 Å². The van der Waals surface area contributed by atoms with Gasteiger partial charge in [-0.25, -0.2) is 8.42 Å². The number of unbranched alkanes of at least 4 members (excludes halogenated alkanes) is 1. The van der Waals surface area contributed by atoms with Gasteiger partial charge in [0.2, 0.25) is 11.8 Å². The maximum Gasteiger partial charge on any atom is 0.417 e. The second-order valence-corrected chi connectivity index (χ2v) is 11.9. The van der Waals surface area contributed by atoms with Crippen LogP contribution in [0.4, 0.5) is 18.9 Å². The summed E-state index contributed by atoms with van der Waals surface area (Å²) in [4.78, 5) is 27.8. The zero-order valence-electron chi connectivity index (χ0n) is 23.3. The van der Waals surface area contributed by atoms with Gasteiger partial charge < -0.3 is 10.2 Å². The summed E-state index contributed by atoms with van der Waals surface area (Å²) in [6.07, 6.45) is -2.92. The molecule has 0 radical (unpaired) electrons. The fourth-order valence-corrected chi connectivity index (χ4v) is 5.89. The van der Waals surface area contributed by atoms with Gasteiger partial charge in [-0.05, 0) is 55.7 Å². The number of amides is 2. The highest BCUT2D eigenvalue weighted by molar-refractivity contribution is 7.92. The van der Waals surface area contributed by atoms with Gasteiger partial charge in [0.1, 0.15) is 12.6 Å². The van der Waals surface area contributed by atoms with Crippen LogP contribution < -0.4 is 9.62 Å². The van der Waals surface area contributed by atoms with Crippen molar-refractivity contribution >= 4 is 39.1 Å². The number of nitrogens with zero attached hydrogens (tertiary/aromatic N) is 2. The summed E-state index contributed by atoms with van der Waals surface area (Å²) in [6, 6.07) is 18.0. The molecule has 0 heterocycles. The van der Waals surface area contributed by atoms with Gasteiger partial charge in [0.25, 0.3) is 10.0 Å². The minimum atomic E-state index is -4.87. The van der Waals surface area contributed by atoms with Gasteiger partial charge in [-0.3, -0.25) is 13.9 Å². The Morgan fingerprint density at radius 3 is 2.19 bits per heavy atom. The number of carbonyl (C=O) groups is 2. The maximum absolute atomic E-state index is 13.8. The second-order valence-electron chi connectivity index (χ2n) is 9.63. The van der Waals surface area contributed by atoms with Crippen LogP contribution in [-0.2, 0) is 32.2 Å². The molecule has 12 heteroatoms. The number of rotatable bonds is 13. The lowest BCUT2D eigenvalue weighted by Gasteiger charge is -2.32. The van der Waals surface area contributed by atoms with Crippen molar-refractivity contribution in [3.05, 3.63) is 95.0 Å². The molecule has 0 aliphatic rings. The molecule has 3 rings (SSSR count). The first-order chi connectivity index (χ1) is 19.9. The molecule has 0 aromatic heterocycles. The van der Waals surface area contributed by atoms with Crippen LogP contribution in [0, 0.1) is 0 Å². The molecule has 42 heavy (non-hydrogen) atoms. The van der Waals surface area contributed by atoms with Gasteiger partial charge in [0, 0.05) is 13.1 Å². The Bertz CT molecular complexity index is 1460. The minimum absolute atomic E-state index is 0.0683. The third-order valence-corrected chi connectivity index (χ3v) is 8.75. The van der Waals surface area contributed by atoms with E-state index in [0.717, 1.165) is 30.5 Å². The van der Waals surface area contributed by atoms with Crippen molar-refractivity contribution in [2.24, 2.45) is 0 Å². The number of anilines is 1. The Kier molecular flexibility index (Phi) is 11.4. The minimum Gasteiger partial charge on any atom is -0.354 e. The number of hydrogen-bond acceptors (Lipinski definition) is 4. The molecule has 0 unspecified atom stereocenters. The lowest BCUT2D eigenvalue weighted by atomic mass is 10.1. The van der Waals surface area contributed by atoms with Crippen molar-refractivity contribution in [2.75, 3.05) is 23.9 Å². The molecule has 0 aliphatic carbocycles. The Balaban J connectivity index is 2.03. The lowest BCUT2D eigenvalue weighted by molar-refractivity contribution is -0.138. The standard InChI is InChI=1S/C30H33ClF3N3O4S/c1-3-4-18-35-29(39)22(2)36(19-17-23-11-7-5-8-12-23)28(38)21-37(42(40,41)25-13-9-6-10-14-25)24-15-16-27(31)26(20-24)30(32,33)34/h5-16,20,22H,3-4,17-19,21H2,1-2H3,(H,35,39)/t22-/m0/s1. The first-order valence-electron chi connectivity index (χ1n) is 13.4. The van der Waals surface area contributed by atoms with Crippen molar-refractivity contribution in [3.63, 3.8) is 0 Å². The largest absolute Gasteiger partial charge is 0.417 e. The van der Waals surface area contributed by atoms with Crippen LogP contribution in [0.2, 0.25) is 5.02 Å². The van der Waals surface area contributed by atoms with E-state index >= 15 is 0 Å². The summed E-state index contributed by atoms with van der Waals surface area (Å²) < 4.78 is 69.3. The topological polar surface area (TPSA) is 86.8 Å². The van der Waals surface area contributed by atoms with E-state index in [9.17, 15) is 31.2 Å². The molecule has 0 spiro atoms. The number of halogens is 4. The average molecular weight is 624 g/mol. The number of nitrogens with one attached hydrogen (secondary N) is 1. The monoisotopic (exact) mass is 623 g/mol. The van der Waals surface area contributed by atoms with E-state index in [1.807, 2.05) is 37.3 Å². The van der Waals surface area contributed by atoms with Crippen molar-refractivity contribution < 1.29 is 31.2 Å². The third-order valence-electron chi connectivity index (χ3n) is 6.63. The molecule has 3 aromatic rings. The Morgan fingerprint density at radius 1 is 0.976 bits per heavy atom. The number of hydrogen-bond donors (Lipinski definition) is 1. The third kappa shape index (κ3) is 8.48. The lowest BCUT2D eigenvalue weighted by Crippen LogP contribution is -2.52. The van der Waals surface area contributed by atoms with Crippen LogP contribution in [0.15, 0.2) is 83.8 Å². The zero-order valence-corrected chi connectivity index (χ0v) is 24.8. The molecule has 3 aromatic carbocycles. The summed E-state index contributed by atoms with van der Waals surface area (Å²) in [5.41, 5.74) is -0.755. The van der Waals surface area contributed by atoms with E-state index in [2.05, 4.69) is 5.32 Å². The van der Waals surface area contributed by atoms with Crippen LogP contribution >= 0.6 is 11.6 Å². The second kappa shape index (κ2) is 14.6. The smallest absolute Gasteiger partial charge is 0.354 e. The van der Waals surface area contributed by atoms with Crippen molar-refractivity contribution in [1.29, 1.82) is 0 Å². The van der Waals surface area contributed by atoms with Gasteiger partial charge >= 0.3 is 6.18 Å². The molecular formula is C30H33ClF3N3O4S. The van der Waals surface area contributed by atoms with Gasteiger partial charge in [0.15, 0.2) is 0 Å². The first kappa shape index (κ1) is 32.9. The highest BCUT2D eigenvalue weighted by Crippen LogP contribution is 2.38. The van der Waals surface area contributed by atoms with Gasteiger partial charge in [-0.15, -0.1) is 0 Å². The first-order valence-corrected chi connectivity index (χ1v) is 15.2. The molecule has 2 amide bonds. The molecular weight excluding hydrogens is 591 g/mol. The predicted octanol–water partition coefficient (Wildman–Crippen LogP) is 5.93. The predicted molar refractivity (Wildman–Crippen MR) is 157 cm³/mol. The molecule has 0 fully saturated rings. The summed E-state index contributed by atoms with van der Waals surface area (Å²) >= 11 is 5.79. The van der Waals surface area contributed by atoms with Crippen molar-refractivity contribution in [1.82, 2.24) is 10.2 Å². The molecule has 1 atom stereocenters. The van der Waals surface area contributed by atoms with E-state index in [4.69, 9.17) is 11.6 Å². The molecule has 1 N–H and O–H groups in total. The van der Waals surface area contributed by atoms with E-state index < -0.39 is 56.9 Å². The summed E-state index contributed by atoms with van der Waals surface area (Å²) in [7, 11) is -4.51. The van der Waals surface area contributed by atoms with Gasteiger partial charge in [0.05, 0.1) is 21.2 Å².